The highest BCUT2D eigenvalue weighted by atomic mass is 16.5. The van der Waals surface area contributed by atoms with Gasteiger partial charge in [0.2, 0.25) is 0 Å². The van der Waals surface area contributed by atoms with Gasteiger partial charge in [-0.05, 0) is 67.9 Å². The summed E-state index contributed by atoms with van der Waals surface area (Å²) in [5.41, 5.74) is 3.97. The van der Waals surface area contributed by atoms with E-state index in [4.69, 9.17) is 19.7 Å². The summed E-state index contributed by atoms with van der Waals surface area (Å²) in [4.78, 5) is 25.4. The smallest absolute Gasteiger partial charge is 0.306 e. The third-order valence-corrected chi connectivity index (χ3v) is 8.15. The fourth-order valence-corrected chi connectivity index (χ4v) is 5.19. The summed E-state index contributed by atoms with van der Waals surface area (Å²) in [7, 11) is 0. The summed E-state index contributed by atoms with van der Waals surface area (Å²) in [6.45, 7) is 28.7. The van der Waals surface area contributed by atoms with Gasteiger partial charge in [0, 0.05) is 18.3 Å². The Morgan fingerprint density at radius 2 is 0.755 bits per heavy atom. The molecule has 278 valence electrons. The first-order chi connectivity index (χ1) is 22.1. The number of carbonyl (C=O) groups excluding carboxylic acids is 2. The number of hydrogen-bond donors (Lipinski definition) is 4. The number of phenols is 2. The van der Waals surface area contributed by atoms with Crippen LogP contribution < -0.4 is 0 Å². The number of aryl methyl sites for hydroxylation is 2. The quantitative estimate of drug-likeness (QED) is 0.175. The van der Waals surface area contributed by atoms with Gasteiger partial charge in [-0.1, -0.05) is 121 Å². The minimum atomic E-state index is -0.542. The standard InChI is InChI=1S/C39H60O6.C2H6O2/c1-35(2,3)27-19-25(20-28(33(27)42)36(4,5)6)15-17-31(40)44-23-39(13,14)24-45-32(41)18-16-26-21-29(37(7,8)9)34(43)30(22-26)38(10,11)12;3-1-2-4/h19-22,42-43H,15-18,23-24H2,1-14H3;3-4H,1-2H2. The zero-order valence-corrected chi connectivity index (χ0v) is 32.9. The van der Waals surface area contributed by atoms with Crippen LogP contribution in [0, 0.1) is 5.41 Å². The molecule has 0 fully saturated rings. The molecule has 0 atom stereocenters. The van der Waals surface area contributed by atoms with Crippen LogP contribution in [-0.4, -0.2) is 58.8 Å². The van der Waals surface area contributed by atoms with Gasteiger partial charge in [0.25, 0.3) is 0 Å². The number of phenolic OH excluding ortho intramolecular Hbond substituents is 2. The monoisotopic (exact) mass is 686 g/mol. The molecule has 2 aromatic carbocycles. The van der Waals surface area contributed by atoms with E-state index < -0.39 is 5.41 Å². The molecule has 0 saturated carbocycles. The van der Waals surface area contributed by atoms with E-state index in [0.717, 1.165) is 33.4 Å². The second kappa shape index (κ2) is 17.2. The lowest BCUT2D eigenvalue weighted by molar-refractivity contribution is -0.152. The predicted octanol–water partition coefficient (Wildman–Crippen LogP) is 7.94. The average molecular weight is 687 g/mol. The van der Waals surface area contributed by atoms with Gasteiger partial charge in [0.05, 0.1) is 26.4 Å². The van der Waals surface area contributed by atoms with Crippen molar-refractivity contribution in [1.82, 2.24) is 0 Å². The van der Waals surface area contributed by atoms with Crippen LogP contribution in [0.5, 0.6) is 11.5 Å². The molecule has 0 aliphatic rings. The molecule has 2 aromatic rings. The molecular weight excluding hydrogens is 620 g/mol. The van der Waals surface area contributed by atoms with E-state index in [1.807, 2.05) is 38.1 Å². The Kier molecular flexibility index (Phi) is 15.4. The maximum Gasteiger partial charge on any atom is 0.306 e. The number of rotatable bonds is 11. The molecule has 0 aliphatic carbocycles. The highest BCUT2D eigenvalue weighted by Gasteiger charge is 2.29. The zero-order valence-electron chi connectivity index (χ0n) is 32.9. The van der Waals surface area contributed by atoms with Crippen LogP contribution in [-0.2, 0) is 53.6 Å². The fraction of sp³-hybridized carbons (Fsp3) is 0.659. The molecule has 8 nitrogen and oxygen atoms in total. The molecule has 49 heavy (non-hydrogen) atoms. The highest BCUT2D eigenvalue weighted by molar-refractivity contribution is 5.70. The maximum atomic E-state index is 12.7. The molecule has 0 saturated heterocycles. The molecule has 0 aromatic heterocycles. The Bertz CT molecular complexity index is 1220. The Hall–Kier alpha value is -3.10. The van der Waals surface area contributed by atoms with Crippen molar-refractivity contribution in [3.8, 4) is 11.5 Å². The van der Waals surface area contributed by atoms with Crippen LogP contribution in [0.4, 0.5) is 0 Å². The third kappa shape index (κ3) is 14.3. The van der Waals surface area contributed by atoms with Gasteiger partial charge in [0.15, 0.2) is 0 Å². The number of aromatic hydroxyl groups is 2. The van der Waals surface area contributed by atoms with E-state index in [9.17, 15) is 19.8 Å². The molecule has 0 radical (unpaired) electrons. The normalized spacial score (nSPS) is 12.7. The van der Waals surface area contributed by atoms with E-state index in [2.05, 4.69) is 83.1 Å². The van der Waals surface area contributed by atoms with Gasteiger partial charge in [0.1, 0.15) is 11.5 Å². The lowest BCUT2D eigenvalue weighted by atomic mass is 9.78. The number of hydrogen-bond acceptors (Lipinski definition) is 8. The van der Waals surface area contributed by atoms with Gasteiger partial charge in [-0.15, -0.1) is 0 Å². The molecule has 0 aliphatic heterocycles. The molecule has 8 heteroatoms. The second-order valence-electron chi connectivity index (χ2n) is 18.0. The maximum absolute atomic E-state index is 12.7. The lowest BCUT2D eigenvalue weighted by Crippen LogP contribution is -2.28. The first-order valence-electron chi connectivity index (χ1n) is 17.4. The molecule has 0 bridgehead atoms. The van der Waals surface area contributed by atoms with Crippen molar-refractivity contribution in [2.24, 2.45) is 5.41 Å². The summed E-state index contributed by atoms with van der Waals surface area (Å²) >= 11 is 0. The number of carbonyl (C=O) groups is 2. The minimum Gasteiger partial charge on any atom is -0.507 e. The average Bonchev–Trinajstić information content (AvgIpc) is 2.95. The van der Waals surface area contributed by atoms with Crippen molar-refractivity contribution >= 4 is 11.9 Å². The van der Waals surface area contributed by atoms with Crippen molar-refractivity contribution < 1.29 is 39.5 Å². The Morgan fingerprint density at radius 3 is 0.959 bits per heavy atom. The van der Waals surface area contributed by atoms with Gasteiger partial charge in [-0.2, -0.15) is 0 Å². The Balaban J connectivity index is 0.00000283. The zero-order chi connectivity index (χ0) is 38.2. The first kappa shape index (κ1) is 43.9. The number of benzene rings is 2. The summed E-state index contributed by atoms with van der Waals surface area (Å²) in [6.07, 6.45) is 1.44. The van der Waals surface area contributed by atoms with Crippen LogP contribution in [0.3, 0.4) is 0 Å². The summed E-state index contributed by atoms with van der Waals surface area (Å²) in [5.74, 6) is 0.0254. The third-order valence-electron chi connectivity index (χ3n) is 8.15. The van der Waals surface area contributed by atoms with Crippen LogP contribution in [0.15, 0.2) is 24.3 Å². The van der Waals surface area contributed by atoms with Crippen molar-refractivity contribution in [2.75, 3.05) is 26.4 Å². The van der Waals surface area contributed by atoms with Gasteiger partial charge < -0.3 is 29.9 Å². The van der Waals surface area contributed by atoms with Crippen LogP contribution >= 0.6 is 0 Å². The predicted molar refractivity (Wildman–Crippen MR) is 198 cm³/mol. The largest absolute Gasteiger partial charge is 0.507 e. The van der Waals surface area contributed by atoms with Crippen molar-refractivity contribution in [3.63, 3.8) is 0 Å². The first-order valence-corrected chi connectivity index (χ1v) is 17.4. The van der Waals surface area contributed by atoms with Gasteiger partial charge in [-0.3, -0.25) is 9.59 Å². The summed E-state index contributed by atoms with van der Waals surface area (Å²) in [5, 5.41) is 37.2. The number of aliphatic hydroxyl groups is 2. The summed E-state index contributed by atoms with van der Waals surface area (Å²) < 4.78 is 11.2. The number of esters is 2. The van der Waals surface area contributed by atoms with Crippen LogP contribution in [0.25, 0.3) is 0 Å². The van der Waals surface area contributed by atoms with Crippen molar-refractivity contribution in [3.05, 3.63) is 57.6 Å². The number of aliphatic hydroxyl groups excluding tert-OH is 2. The van der Waals surface area contributed by atoms with E-state index in [0.29, 0.717) is 24.3 Å². The van der Waals surface area contributed by atoms with Crippen molar-refractivity contribution in [1.29, 1.82) is 0 Å². The number of ether oxygens (including phenoxy) is 2. The van der Waals surface area contributed by atoms with Gasteiger partial charge >= 0.3 is 11.9 Å². The lowest BCUT2D eigenvalue weighted by Gasteiger charge is -2.28. The van der Waals surface area contributed by atoms with E-state index in [-0.39, 0.29) is 72.9 Å². The fourth-order valence-electron chi connectivity index (χ4n) is 5.19. The SMILES string of the molecule is CC(C)(COC(=O)CCc1cc(C(C)(C)C)c(O)c(C(C)(C)C)c1)COC(=O)CCc1cc(C(C)(C)C)c(O)c(C(C)(C)C)c1.OCCO. The molecule has 4 N–H and O–H groups in total. The van der Waals surface area contributed by atoms with Crippen molar-refractivity contribution in [2.45, 2.75) is 144 Å². The molecule has 0 spiro atoms. The van der Waals surface area contributed by atoms with E-state index in [1.165, 1.54) is 0 Å². The van der Waals surface area contributed by atoms with E-state index in [1.54, 1.807) is 0 Å². The van der Waals surface area contributed by atoms with Crippen LogP contribution in [0.1, 0.15) is 143 Å². The molecular formula is C41H66O8. The Morgan fingerprint density at radius 1 is 0.510 bits per heavy atom. The van der Waals surface area contributed by atoms with E-state index >= 15 is 0 Å². The van der Waals surface area contributed by atoms with Gasteiger partial charge in [-0.25, -0.2) is 0 Å². The highest BCUT2D eigenvalue weighted by Crippen LogP contribution is 2.41. The minimum absolute atomic E-state index is 0.125. The van der Waals surface area contributed by atoms with Crippen LogP contribution in [0.2, 0.25) is 0 Å². The Labute approximate surface area is 296 Å². The molecule has 0 amide bonds. The molecule has 0 unspecified atom stereocenters. The topological polar surface area (TPSA) is 134 Å². The molecule has 2 rings (SSSR count). The molecule has 0 heterocycles. The summed E-state index contributed by atoms with van der Waals surface area (Å²) in [6, 6.07) is 7.97. The second-order valence-corrected chi connectivity index (χ2v) is 18.0.